The maximum Gasteiger partial charge on any atom is 0.291 e. The number of aromatic nitrogens is 1. The molecular weight excluding hydrogens is 324 g/mol. The summed E-state index contributed by atoms with van der Waals surface area (Å²) in [5.74, 6) is -1.01. The van der Waals surface area contributed by atoms with Gasteiger partial charge in [-0.05, 0) is 0 Å². The van der Waals surface area contributed by atoms with E-state index in [1.807, 2.05) is 30.3 Å². The minimum atomic E-state index is -0.624. The van der Waals surface area contributed by atoms with Crippen LogP contribution in [-0.2, 0) is 9.59 Å². The molecule has 8 nitrogen and oxygen atoms in total. The Morgan fingerprint density at radius 3 is 2.40 bits per heavy atom. The van der Waals surface area contributed by atoms with Crippen LogP contribution in [0.2, 0.25) is 0 Å². The van der Waals surface area contributed by atoms with E-state index in [2.05, 4.69) is 21.3 Å². The van der Waals surface area contributed by atoms with Crippen LogP contribution in [0, 0.1) is 5.41 Å². The van der Waals surface area contributed by atoms with Gasteiger partial charge in [-0.25, -0.2) is 0 Å². The number of nitrogens with one attached hydrogen (secondary N) is 3. The molecule has 0 spiro atoms. The Labute approximate surface area is 144 Å². The van der Waals surface area contributed by atoms with Crippen LogP contribution >= 0.6 is 0 Å². The Morgan fingerprint density at radius 2 is 1.76 bits per heavy atom. The Kier molecular flexibility index (Phi) is 5.53. The molecule has 0 saturated carbocycles. The fourth-order valence-corrected chi connectivity index (χ4v) is 1.78. The third-order valence-electron chi connectivity index (χ3n) is 3.21. The van der Waals surface area contributed by atoms with E-state index in [1.165, 1.54) is 6.07 Å². The number of carbonyl (C=O) groups is 3. The molecule has 0 radical (unpaired) electrons. The van der Waals surface area contributed by atoms with Crippen molar-refractivity contribution in [3.05, 3.63) is 42.1 Å². The fraction of sp³-hybridized carbons (Fsp3) is 0.294. The Hall–Kier alpha value is -3.16. The fourth-order valence-electron chi connectivity index (χ4n) is 1.78. The summed E-state index contributed by atoms with van der Waals surface area (Å²) >= 11 is 0. The number of hydrazine groups is 1. The van der Waals surface area contributed by atoms with Gasteiger partial charge >= 0.3 is 0 Å². The average molecular weight is 344 g/mol. The van der Waals surface area contributed by atoms with Crippen LogP contribution in [0.5, 0.6) is 0 Å². The first-order chi connectivity index (χ1) is 11.8. The van der Waals surface area contributed by atoms with E-state index >= 15 is 0 Å². The van der Waals surface area contributed by atoms with E-state index in [0.717, 1.165) is 5.56 Å². The first kappa shape index (κ1) is 18.2. The molecular formula is C17H20N4O4. The van der Waals surface area contributed by atoms with Crippen LogP contribution in [0.25, 0.3) is 11.3 Å². The number of amides is 3. The summed E-state index contributed by atoms with van der Waals surface area (Å²) in [7, 11) is 0. The molecule has 3 N–H and O–H groups in total. The summed E-state index contributed by atoms with van der Waals surface area (Å²) in [6.07, 6.45) is 0. The van der Waals surface area contributed by atoms with Gasteiger partial charge in [-0.15, -0.1) is 0 Å². The van der Waals surface area contributed by atoms with Crippen LogP contribution in [-0.4, -0.2) is 29.4 Å². The summed E-state index contributed by atoms with van der Waals surface area (Å²) in [6, 6.07) is 10.6. The molecule has 2 rings (SSSR count). The summed E-state index contributed by atoms with van der Waals surface area (Å²) in [6.45, 7) is 4.95. The second kappa shape index (κ2) is 7.61. The Morgan fingerprint density at radius 1 is 1.08 bits per heavy atom. The van der Waals surface area contributed by atoms with Gasteiger partial charge in [0, 0.05) is 17.0 Å². The van der Waals surface area contributed by atoms with Gasteiger partial charge in [0.1, 0.15) is 0 Å². The second-order valence-electron chi connectivity index (χ2n) is 6.38. The minimum Gasteiger partial charge on any atom is -0.355 e. The van der Waals surface area contributed by atoms with Gasteiger partial charge in [-0.3, -0.25) is 25.2 Å². The van der Waals surface area contributed by atoms with Gasteiger partial charge in [0.2, 0.25) is 5.91 Å². The molecule has 1 aromatic carbocycles. The van der Waals surface area contributed by atoms with Crippen LogP contribution in [0.3, 0.4) is 0 Å². The van der Waals surface area contributed by atoms with Crippen molar-refractivity contribution < 1.29 is 18.9 Å². The second-order valence-corrected chi connectivity index (χ2v) is 6.38. The minimum absolute atomic E-state index is 0.0258. The number of rotatable bonds is 4. The lowest BCUT2D eigenvalue weighted by Gasteiger charge is -2.17. The van der Waals surface area contributed by atoms with Gasteiger partial charge in [-0.2, -0.15) is 0 Å². The molecule has 0 atom stereocenters. The van der Waals surface area contributed by atoms with E-state index < -0.39 is 17.2 Å². The molecule has 0 aliphatic carbocycles. The van der Waals surface area contributed by atoms with Crippen molar-refractivity contribution in [2.45, 2.75) is 20.8 Å². The zero-order valence-corrected chi connectivity index (χ0v) is 14.3. The molecule has 2 aromatic rings. The zero-order valence-electron chi connectivity index (χ0n) is 14.3. The van der Waals surface area contributed by atoms with Crippen molar-refractivity contribution in [3.8, 4) is 11.3 Å². The maximum atomic E-state index is 12.0. The van der Waals surface area contributed by atoms with Crippen molar-refractivity contribution >= 4 is 17.7 Å². The van der Waals surface area contributed by atoms with Crippen molar-refractivity contribution in [2.24, 2.45) is 5.41 Å². The summed E-state index contributed by atoms with van der Waals surface area (Å²) in [4.78, 5) is 35.3. The van der Waals surface area contributed by atoms with Crippen LogP contribution < -0.4 is 16.2 Å². The van der Waals surface area contributed by atoms with E-state index in [-0.39, 0.29) is 18.1 Å². The van der Waals surface area contributed by atoms with Crippen LogP contribution in [0.1, 0.15) is 31.3 Å². The van der Waals surface area contributed by atoms with E-state index in [0.29, 0.717) is 5.76 Å². The average Bonchev–Trinajstić information content (AvgIpc) is 3.07. The summed E-state index contributed by atoms with van der Waals surface area (Å²) in [5.41, 5.74) is 4.62. The number of carbonyl (C=O) groups excluding carboxylic acids is 3. The van der Waals surface area contributed by atoms with Crippen LogP contribution in [0.4, 0.5) is 0 Å². The molecule has 132 valence electrons. The molecule has 1 aromatic heterocycles. The highest BCUT2D eigenvalue weighted by atomic mass is 16.5. The predicted octanol–water partition coefficient (Wildman–Crippen LogP) is 1.26. The van der Waals surface area contributed by atoms with Gasteiger partial charge < -0.3 is 9.84 Å². The smallest absolute Gasteiger partial charge is 0.291 e. The molecule has 1 heterocycles. The highest BCUT2D eigenvalue weighted by molar-refractivity contribution is 5.95. The third-order valence-corrected chi connectivity index (χ3v) is 3.21. The van der Waals surface area contributed by atoms with Crippen molar-refractivity contribution in [1.29, 1.82) is 0 Å². The highest BCUT2D eigenvalue weighted by Crippen LogP contribution is 2.19. The lowest BCUT2D eigenvalue weighted by atomic mass is 9.96. The molecule has 0 aliphatic rings. The Balaban J connectivity index is 1.84. The molecule has 0 unspecified atom stereocenters. The maximum absolute atomic E-state index is 12.0. The molecule has 8 heteroatoms. The van der Waals surface area contributed by atoms with Crippen LogP contribution in [0.15, 0.2) is 40.9 Å². The molecule has 3 amide bonds. The predicted molar refractivity (Wildman–Crippen MR) is 90.0 cm³/mol. The summed E-state index contributed by atoms with van der Waals surface area (Å²) in [5, 5.41) is 6.14. The first-order valence-electron chi connectivity index (χ1n) is 7.67. The lowest BCUT2D eigenvalue weighted by Crippen LogP contribution is -2.47. The first-order valence-corrected chi connectivity index (χ1v) is 7.67. The molecule has 0 saturated heterocycles. The molecule has 0 fully saturated rings. The standard InChI is InChI=1S/C17H20N4O4/c1-17(2,3)16(24)18-10-14(22)19-20-15(23)12-9-13(25-21-12)11-7-5-4-6-8-11/h4-9H,10H2,1-3H3,(H,18,24)(H,19,22)(H,20,23). The highest BCUT2D eigenvalue weighted by Gasteiger charge is 2.21. The lowest BCUT2D eigenvalue weighted by molar-refractivity contribution is -0.131. The summed E-state index contributed by atoms with van der Waals surface area (Å²) < 4.78 is 5.11. The third kappa shape index (κ3) is 5.17. The normalized spacial score (nSPS) is 10.8. The van der Waals surface area contributed by atoms with Crippen molar-refractivity contribution in [2.75, 3.05) is 6.54 Å². The quantitative estimate of drug-likeness (QED) is 0.723. The largest absolute Gasteiger partial charge is 0.355 e. The molecule has 0 aliphatic heterocycles. The van der Waals surface area contributed by atoms with E-state index in [4.69, 9.17) is 4.52 Å². The zero-order chi connectivity index (χ0) is 18.4. The van der Waals surface area contributed by atoms with Gasteiger partial charge in [0.05, 0.1) is 6.54 Å². The number of benzene rings is 1. The Bertz CT molecular complexity index is 762. The van der Waals surface area contributed by atoms with Gasteiger partial charge in [0.25, 0.3) is 11.8 Å². The van der Waals surface area contributed by atoms with Gasteiger partial charge in [0.15, 0.2) is 11.5 Å². The molecule has 0 bridgehead atoms. The number of hydrogen-bond donors (Lipinski definition) is 3. The van der Waals surface area contributed by atoms with Gasteiger partial charge in [-0.1, -0.05) is 56.3 Å². The SMILES string of the molecule is CC(C)(C)C(=O)NCC(=O)NNC(=O)c1cc(-c2ccccc2)on1. The van der Waals surface area contributed by atoms with E-state index in [9.17, 15) is 14.4 Å². The molecule has 25 heavy (non-hydrogen) atoms. The topological polar surface area (TPSA) is 113 Å². The number of hydrogen-bond acceptors (Lipinski definition) is 5. The van der Waals surface area contributed by atoms with E-state index in [1.54, 1.807) is 20.8 Å². The van der Waals surface area contributed by atoms with Crippen molar-refractivity contribution in [1.82, 2.24) is 21.3 Å². The monoisotopic (exact) mass is 344 g/mol. The van der Waals surface area contributed by atoms with Crippen molar-refractivity contribution in [3.63, 3.8) is 0 Å². The number of nitrogens with zero attached hydrogens (tertiary/aromatic N) is 1.